The molecule has 0 fully saturated rings. The average molecular weight is 351 g/mol. The number of ether oxygens (including phenoxy) is 2. The summed E-state index contributed by atoms with van der Waals surface area (Å²) in [5, 5.41) is 10.8. The highest BCUT2D eigenvalue weighted by Gasteiger charge is 2.16. The standard InChI is InChI=1S/C19H21N5O2/c1-24(2)18-7-13(5-6-21-18)9-20-10-15-11-22-23-19(15)14-3-4-16-17(8-14)26-12-25-16/h3-8,11,20H,9-10,12H2,1-2H3,(H,22,23). The smallest absolute Gasteiger partial charge is 0.231 e. The SMILES string of the molecule is CN(C)c1cc(CNCc2cn[nH]c2-c2ccc3c(c2)OCO3)ccn1. The summed E-state index contributed by atoms with van der Waals surface area (Å²) in [6.07, 6.45) is 3.69. The Labute approximate surface area is 152 Å². The first-order valence-electron chi connectivity index (χ1n) is 8.46. The molecule has 7 nitrogen and oxygen atoms in total. The minimum Gasteiger partial charge on any atom is -0.454 e. The van der Waals surface area contributed by atoms with Crippen molar-refractivity contribution in [1.29, 1.82) is 0 Å². The average Bonchev–Trinajstić information content (AvgIpc) is 3.30. The van der Waals surface area contributed by atoms with E-state index in [2.05, 4.69) is 26.6 Å². The molecule has 4 rings (SSSR count). The molecule has 2 N–H and O–H groups in total. The van der Waals surface area contributed by atoms with E-state index in [1.807, 2.05) is 55.7 Å². The fraction of sp³-hybridized carbons (Fsp3) is 0.263. The van der Waals surface area contributed by atoms with Crippen LogP contribution in [0.3, 0.4) is 0 Å². The molecule has 0 saturated heterocycles. The topological polar surface area (TPSA) is 75.3 Å². The van der Waals surface area contributed by atoms with Gasteiger partial charge in [-0.15, -0.1) is 0 Å². The van der Waals surface area contributed by atoms with E-state index in [9.17, 15) is 0 Å². The maximum absolute atomic E-state index is 5.46. The molecule has 0 aliphatic carbocycles. The van der Waals surface area contributed by atoms with E-state index >= 15 is 0 Å². The van der Waals surface area contributed by atoms with Crippen LogP contribution in [0.1, 0.15) is 11.1 Å². The normalized spacial score (nSPS) is 12.4. The molecule has 1 aromatic carbocycles. The van der Waals surface area contributed by atoms with Crippen molar-refractivity contribution in [1.82, 2.24) is 20.5 Å². The molecule has 1 aliphatic rings. The van der Waals surface area contributed by atoms with Crippen molar-refractivity contribution in [3.8, 4) is 22.8 Å². The Kier molecular flexibility index (Phi) is 4.45. The molecule has 0 saturated carbocycles. The highest BCUT2D eigenvalue weighted by Crippen LogP contribution is 2.36. The zero-order valence-corrected chi connectivity index (χ0v) is 14.8. The Morgan fingerprint density at radius 1 is 1.12 bits per heavy atom. The lowest BCUT2D eigenvalue weighted by Gasteiger charge is -2.12. The number of nitrogens with one attached hydrogen (secondary N) is 2. The Morgan fingerprint density at radius 3 is 2.88 bits per heavy atom. The molecular formula is C19H21N5O2. The van der Waals surface area contributed by atoms with Gasteiger partial charge in [-0.2, -0.15) is 5.10 Å². The lowest BCUT2D eigenvalue weighted by atomic mass is 10.1. The van der Waals surface area contributed by atoms with Gasteiger partial charge in [-0.05, 0) is 35.9 Å². The van der Waals surface area contributed by atoms with E-state index in [1.54, 1.807) is 0 Å². The first-order valence-corrected chi connectivity index (χ1v) is 8.46. The molecule has 0 atom stereocenters. The van der Waals surface area contributed by atoms with Gasteiger partial charge in [0.15, 0.2) is 11.5 Å². The van der Waals surface area contributed by atoms with Crippen LogP contribution in [0.25, 0.3) is 11.3 Å². The first-order chi connectivity index (χ1) is 12.7. The number of fused-ring (bicyclic) bond motifs is 1. The number of hydrogen-bond acceptors (Lipinski definition) is 6. The summed E-state index contributed by atoms with van der Waals surface area (Å²) < 4.78 is 10.8. The van der Waals surface area contributed by atoms with Gasteiger partial charge in [0, 0.05) is 44.5 Å². The highest BCUT2D eigenvalue weighted by atomic mass is 16.7. The van der Waals surface area contributed by atoms with Crippen LogP contribution in [-0.4, -0.2) is 36.1 Å². The maximum Gasteiger partial charge on any atom is 0.231 e. The second-order valence-electron chi connectivity index (χ2n) is 6.36. The van der Waals surface area contributed by atoms with Crippen molar-refractivity contribution in [2.75, 3.05) is 25.8 Å². The number of benzene rings is 1. The largest absolute Gasteiger partial charge is 0.454 e. The summed E-state index contributed by atoms with van der Waals surface area (Å²) in [4.78, 5) is 6.34. The van der Waals surface area contributed by atoms with E-state index in [0.717, 1.165) is 40.7 Å². The molecular weight excluding hydrogens is 330 g/mol. The number of aromatic amines is 1. The third-order valence-corrected chi connectivity index (χ3v) is 4.29. The summed E-state index contributed by atoms with van der Waals surface area (Å²) >= 11 is 0. The van der Waals surface area contributed by atoms with Crippen LogP contribution in [-0.2, 0) is 13.1 Å². The minimum atomic E-state index is 0.275. The second-order valence-corrected chi connectivity index (χ2v) is 6.36. The van der Waals surface area contributed by atoms with E-state index in [4.69, 9.17) is 9.47 Å². The Bertz CT molecular complexity index is 906. The van der Waals surface area contributed by atoms with E-state index in [1.165, 1.54) is 5.56 Å². The van der Waals surface area contributed by atoms with Crippen LogP contribution in [0.2, 0.25) is 0 Å². The highest BCUT2D eigenvalue weighted by molar-refractivity contribution is 5.66. The Morgan fingerprint density at radius 2 is 2.00 bits per heavy atom. The zero-order chi connectivity index (χ0) is 17.9. The first kappa shape index (κ1) is 16.4. The quantitative estimate of drug-likeness (QED) is 0.711. The minimum absolute atomic E-state index is 0.275. The van der Waals surface area contributed by atoms with Gasteiger partial charge in [-0.25, -0.2) is 4.98 Å². The molecule has 0 spiro atoms. The zero-order valence-electron chi connectivity index (χ0n) is 14.8. The molecule has 0 amide bonds. The molecule has 7 heteroatoms. The van der Waals surface area contributed by atoms with Crippen LogP contribution in [0.4, 0.5) is 5.82 Å². The van der Waals surface area contributed by atoms with Gasteiger partial charge in [0.25, 0.3) is 0 Å². The predicted octanol–water partition coefficient (Wildman–Crippen LogP) is 2.56. The fourth-order valence-electron chi connectivity index (χ4n) is 2.90. The number of aromatic nitrogens is 3. The molecule has 0 radical (unpaired) electrons. The third kappa shape index (κ3) is 3.34. The number of pyridine rings is 1. The van der Waals surface area contributed by atoms with E-state index in [-0.39, 0.29) is 6.79 Å². The summed E-state index contributed by atoms with van der Waals surface area (Å²) in [6.45, 7) is 1.74. The molecule has 3 heterocycles. The van der Waals surface area contributed by atoms with Gasteiger partial charge >= 0.3 is 0 Å². The molecule has 3 aromatic rings. The van der Waals surface area contributed by atoms with Crippen molar-refractivity contribution < 1.29 is 9.47 Å². The molecule has 0 unspecified atom stereocenters. The summed E-state index contributed by atoms with van der Waals surface area (Å²) in [5.74, 6) is 2.50. The van der Waals surface area contributed by atoms with E-state index < -0.39 is 0 Å². The van der Waals surface area contributed by atoms with Crippen LogP contribution in [0, 0.1) is 0 Å². The summed E-state index contributed by atoms with van der Waals surface area (Å²) in [5.41, 5.74) is 4.31. The number of rotatable bonds is 6. The van der Waals surface area contributed by atoms with Gasteiger partial charge in [0.1, 0.15) is 5.82 Å². The molecule has 134 valence electrons. The van der Waals surface area contributed by atoms with Crippen LogP contribution >= 0.6 is 0 Å². The summed E-state index contributed by atoms with van der Waals surface area (Å²) in [6, 6.07) is 10.0. The van der Waals surface area contributed by atoms with E-state index in [0.29, 0.717) is 6.54 Å². The number of H-pyrrole nitrogens is 1. The monoisotopic (exact) mass is 351 g/mol. The van der Waals surface area contributed by atoms with Crippen LogP contribution in [0.5, 0.6) is 11.5 Å². The molecule has 1 aliphatic heterocycles. The van der Waals surface area contributed by atoms with Gasteiger partial charge in [0.05, 0.1) is 11.9 Å². The number of hydrogen-bond donors (Lipinski definition) is 2. The molecule has 2 aromatic heterocycles. The lowest BCUT2D eigenvalue weighted by molar-refractivity contribution is 0.174. The molecule has 26 heavy (non-hydrogen) atoms. The van der Waals surface area contributed by atoms with Gasteiger partial charge in [-0.3, -0.25) is 5.10 Å². The van der Waals surface area contributed by atoms with Crippen LogP contribution in [0.15, 0.2) is 42.7 Å². The van der Waals surface area contributed by atoms with Crippen molar-refractivity contribution >= 4 is 5.82 Å². The van der Waals surface area contributed by atoms with Crippen molar-refractivity contribution in [3.05, 3.63) is 53.9 Å². The Hall–Kier alpha value is -3.06. The second kappa shape index (κ2) is 7.05. The number of nitrogens with zero attached hydrogens (tertiary/aromatic N) is 3. The Balaban J connectivity index is 1.44. The van der Waals surface area contributed by atoms with Crippen molar-refractivity contribution in [2.24, 2.45) is 0 Å². The van der Waals surface area contributed by atoms with Gasteiger partial charge in [0.2, 0.25) is 6.79 Å². The van der Waals surface area contributed by atoms with Crippen molar-refractivity contribution in [2.45, 2.75) is 13.1 Å². The maximum atomic E-state index is 5.46. The molecule has 0 bridgehead atoms. The number of anilines is 1. The van der Waals surface area contributed by atoms with Gasteiger partial charge in [-0.1, -0.05) is 0 Å². The fourth-order valence-corrected chi connectivity index (χ4v) is 2.90. The van der Waals surface area contributed by atoms with Crippen LogP contribution < -0.4 is 19.7 Å². The predicted molar refractivity (Wildman–Crippen MR) is 99.3 cm³/mol. The summed E-state index contributed by atoms with van der Waals surface area (Å²) in [7, 11) is 3.98. The lowest BCUT2D eigenvalue weighted by Crippen LogP contribution is -2.15. The van der Waals surface area contributed by atoms with Gasteiger partial charge < -0.3 is 19.7 Å². The van der Waals surface area contributed by atoms with Crippen molar-refractivity contribution in [3.63, 3.8) is 0 Å². The third-order valence-electron chi connectivity index (χ3n) is 4.29.